The van der Waals surface area contributed by atoms with Crippen molar-refractivity contribution in [1.82, 2.24) is 5.32 Å². The van der Waals surface area contributed by atoms with Crippen LogP contribution in [0.5, 0.6) is 11.5 Å². The molecule has 0 bridgehead atoms. The van der Waals surface area contributed by atoms with E-state index in [1.54, 1.807) is 38.1 Å². The first kappa shape index (κ1) is 20.2. The highest BCUT2D eigenvalue weighted by Crippen LogP contribution is 2.29. The lowest BCUT2D eigenvalue weighted by Gasteiger charge is -2.22. The molecular weight excluding hydrogens is 351 g/mol. The highest BCUT2D eigenvalue weighted by molar-refractivity contribution is 6.02. The van der Waals surface area contributed by atoms with E-state index in [9.17, 15) is 14.0 Å². The highest BCUT2D eigenvalue weighted by Gasteiger charge is 2.26. The van der Waals surface area contributed by atoms with Crippen LogP contribution in [0.4, 0.5) is 10.1 Å². The van der Waals surface area contributed by atoms with Crippen LogP contribution in [0.15, 0.2) is 42.5 Å². The molecule has 2 aromatic carbocycles. The Hall–Kier alpha value is -3.09. The second-order valence-corrected chi connectivity index (χ2v) is 6.23. The Bertz CT molecular complexity index is 823. The third-order valence-corrected chi connectivity index (χ3v) is 4.02. The van der Waals surface area contributed by atoms with Crippen LogP contribution in [0.1, 0.15) is 24.2 Å². The van der Waals surface area contributed by atoms with Gasteiger partial charge in [0.05, 0.1) is 25.5 Å². The molecular formula is C20H23FN2O4. The SMILES string of the molecule is COc1ccc(OC)c(NC(=O)C(NC(=O)c2ccccc2F)C(C)C)c1. The number of anilines is 1. The van der Waals surface area contributed by atoms with E-state index in [1.807, 2.05) is 0 Å². The minimum absolute atomic E-state index is 0.116. The normalized spacial score (nSPS) is 11.6. The van der Waals surface area contributed by atoms with Gasteiger partial charge in [-0.3, -0.25) is 9.59 Å². The average Bonchev–Trinajstić information content (AvgIpc) is 2.65. The van der Waals surface area contributed by atoms with E-state index in [0.29, 0.717) is 17.2 Å². The fourth-order valence-corrected chi connectivity index (χ4v) is 2.52. The number of hydrogen-bond donors (Lipinski definition) is 2. The zero-order chi connectivity index (χ0) is 20.0. The predicted molar refractivity (Wildman–Crippen MR) is 101 cm³/mol. The largest absolute Gasteiger partial charge is 0.497 e. The van der Waals surface area contributed by atoms with Crippen molar-refractivity contribution < 1.29 is 23.5 Å². The van der Waals surface area contributed by atoms with Crippen LogP contribution in [0.2, 0.25) is 0 Å². The number of methoxy groups -OCH3 is 2. The number of rotatable bonds is 7. The van der Waals surface area contributed by atoms with Gasteiger partial charge in [-0.1, -0.05) is 26.0 Å². The quantitative estimate of drug-likeness (QED) is 0.780. The summed E-state index contributed by atoms with van der Waals surface area (Å²) in [7, 11) is 3.00. The van der Waals surface area contributed by atoms with Crippen molar-refractivity contribution in [2.45, 2.75) is 19.9 Å². The van der Waals surface area contributed by atoms with E-state index < -0.39 is 23.7 Å². The summed E-state index contributed by atoms with van der Waals surface area (Å²) in [6, 6.07) is 9.73. The molecule has 0 saturated carbocycles. The van der Waals surface area contributed by atoms with Gasteiger partial charge in [-0.25, -0.2) is 4.39 Å². The minimum Gasteiger partial charge on any atom is -0.497 e. The predicted octanol–water partition coefficient (Wildman–Crippen LogP) is 3.24. The molecule has 1 unspecified atom stereocenters. The van der Waals surface area contributed by atoms with Crippen molar-refractivity contribution in [3.63, 3.8) is 0 Å². The fourth-order valence-electron chi connectivity index (χ4n) is 2.52. The maximum absolute atomic E-state index is 13.8. The Morgan fingerprint density at radius 2 is 1.74 bits per heavy atom. The molecule has 0 aliphatic heterocycles. The number of carbonyl (C=O) groups excluding carboxylic acids is 2. The minimum atomic E-state index is -0.868. The summed E-state index contributed by atoms with van der Waals surface area (Å²) in [5.74, 6) is -0.972. The van der Waals surface area contributed by atoms with Gasteiger partial charge in [0.2, 0.25) is 5.91 Å². The topological polar surface area (TPSA) is 76.7 Å². The van der Waals surface area contributed by atoms with Gasteiger partial charge in [-0.2, -0.15) is 0 Å². The monoisotopic (exact) mass is 374 g/mol. The highest BCUT2D eigenvalue weighted by atomic mass is 19.1. The molecule has 0 spiro atoms. The Kier molecular flexibility index (Phi) is 6.76. The van der Waals surface area contributed by atoms with Crippen molar-refractivity contribution in [2.75, 3.05) is 19.5 Å². The molecule has 2 rings (SSSR count). The van der Waals surface area contributed by atoms with Crippen LogP contribution < -0.4 is 20.1 Å². The lowest BCUT2D eigenvalue weighted by Crippen LogP contribution is -2.47. The molecule has 6 nitrogen and oxygen atoms in total. The van der Waals surface area contributed by atoms with Crippen LogP contribution in [0, 0.1) is 11.7 Å². The fraction of sp³-hybridized carbons (Fsp3) is 0.300. The molecule has 1 atom stereocenters. The number of hydrogen-bond acceptors (Lipinski definition) is 4. The summed E-state index contributed by atoms with van der Waals surface area (Å²) in [5.41, 5.74) is 0.294. The summed E-state index contributed by atoms with van der Waals surface area (Å²) in [6.45, 7) is 3.57. The lowest BCUT2D eigenvalue weighted by atomic mass is 10.0. The van der Waals surface area contributed by atoms with Gasteiger partial charge >= 0.3 is 0 Å². The molecule has 0 aliphatic rings. The van der Waals surface area contributed by atoms with Gasteiger partial charge in [-0.05, 0) is 30.2 Å². The van der Waals surface area contributed by atoms with Gasteiger partial charge in [0.15, 0.2) is 0 Å². The first-order valence-corrected chi connectivity index (χ1v) is 8.45. The van der Waals surface area contributed by atoms with Crippen LogP contribution in [-0.4, -0.2) is 32.1 Å². The van der Waals surface area contributed by atoms with E-state index in [-0.39, 0.29) is 11.5 Å². The summed E-state index contributed by atoms with van der Waals surface area (Å²) in [5, 5.41) is 5.33. The van der Waals surface area contributed by atoms with Crippen LogP contribution in [-0.2, 0) is 4.79 Å². The number of nitrogens with one attached hydrogen (secondary N) is 2. The summed E-state index contributed by atoms with van der Waals surface area (Å²) >= 11 is 0. The standard InChI is InChI=1S/C20H23FN2O4/c1-12(2)18(23-19(24)14-7-5-6-8-15(14)21)20(25)22-16-11-13(26-3)9-10-17(16)27-4/h5-12,18H,1-4H3,(H,22,25)(H,23,24). The van der Waals surface area contributed by atoms with E-state index >= 15 is 0 Å². The van der Waals surface area contributed by atoms with E-state index in [1.165, 1.54) is 32.4 Å². The molecule has 0 fully saturated rings. The van der Waals surface area contributed by atoms with Crippen LogP contribution in [0.25, 0.3) is 0 Å². The molecule has 0 radical (unpaired) electrons. The van der Waals surface area contributed by atoms with Crippen molar-refractivity contribution in [3.05, 3.63) is 53.8 Å². The average molecular weight is 374 g/mol. The van der Waals surface area contributed by atoms with Gasteiger partial charge in [0.25, 0.3) is 5.91 Å². The van der Waals surface area contributed by atoms with E-state index in [4.69, 9.17) is 9.47 Å². The molecule has 144 valence electrons. The smallest absolute Gasteiger partial charge is 0.254 e. The van der Waals surface area contributed by atoms with Gasteiger partial charge in [-0.15, -0.1) is 0 Å². The van der Waals surface area contributed by atoms with E-state index in [2.05, 4.69) is 10.6 Å². The maximum atomic E-state index is 13.8. The molecule has 27 heavy (non-hydrogen) atoms. The second kappa shape index (κ2) is 9.02. The Balaban J connectivity index is 2.21. The number of benzene rings is 2. The zero-order valence-electron chi connectivity index (χ0n) is 15.7. The number of amides is 2. The maximum Gasteiger partial charge on any atom is 0.254 e. The van der Waals surface area contributed by atoms with Crippen molar-refractivity contribution >= 4 is 17.5 Å². The Morgan fingerprint density at radius 1 is 1.04 bits per heavy atom. The third kappa shape index (κ3) is 4.97. The first-order valence-electron chi connectivity index (χ1n) is 8.45. The first-order chi connectivity index (χ1) is 12.9. The van der Waals surface area contributed by atoms with Gasteiger partial charge < -0.3 is 20.1 Å². The van der Waals surface area contributed by atoms with E-state index in [0.717, 1.165) is 0 Å². The molecule has 0 aliphatic carbocycles. The van der Waals surface area contributed by atoms with Gasteiger partial charge in [0, 0.05) is 6.07 Å². The van der Waals surface area contributed by atoms with Crippen LogP contribution >= 0.6 is 0 Å². The lowest BCUT2D eigenvalue weighted by molar-refractivity contribution is -0.118. The molecule has 2 N–H and O–H groups in total. The van der Waals surface area contributed by atoms with Gasteiger partial charge in [0.1, 0.15) is 23.4 Å². The summed E-state index contributed by atoms with van der Waals surface area (Å²) in [4.78, 5) is 25.1. The molecule has 2 amide bonds. The summed E-state index contributed by atoms with van der Waals surface area (Å²) in [6.07, 6.45) is 0. The van der Waals surface area contributed by atoms with Crippen LogP contribution in [0.3, 0.4) is 0 Å². The zero-order valence-corrected chi connectivity index (χ0v) is 15.7. The molecule has 7 heteroatoms. The number of carbonyl (C=O) groups is 2. The van der Waals surface area contributed by atoms with Crippen molar-refractivity contribution in [3.8, 4) is 11.5 Å². The Morgan fingerprint density at radius 3 is 2.33 bits per heavy atom. The second-order valence-electron chi connectivity index (χ2n) is 6.23. The van der Waals surface area contributed by atoms with Crippen molar-refractivity contribution in [1.29, 1.82) is 0 Å². The molecule has 0 heterocycles. The third-order valence-electron chi connectivity index (χ3n) is 4.02. The molecule has 0 saturated heterocycles. The number of ether oxygens (including phenoxy) is 2. The van der Waals surface area contributed by atoms with Crippen molar-refractivity contribution in [2.24, 2.45) is 5.92 Å². The molecule has 2 aromatic rings. The number of halogens is 1. The Labute approximate surface area is 157 Å². The molecule has 0 aromatic heterocycles. The summed E-state index contributed by atoms with van der Waals surface area (Å²) < 4.78 is 24.2.